The van der Waals surface area contributed by atoms with Gasteiger partial charge < -0.3 is 5.32 Å². The van der Waals surface area contributed by atoms with Crippen LogP contribution in [0.25, 0.3) is 0 Å². The first kappa shape index (κ1) is 15.2. The summed E-state index contributed by atoms with van der Waals surface area (Å²) in [6.45, 7) is 7.89. The standard InChI is InChI=1S/C17H29N/c1-5-7-12-17(6-2,14-18-4)13-16-10-8-15(3)9-11-16/h8-11,18H,5-7,12-14H2,1-4H3. The second-order valence-electron chi connectivity index (χ2n) is 5.65. The molecule has 1 aromatic carbocycles. The predicted octanol–water partition coefficient (Wildman–Crippen LogP) is 4.34. The molecule has 0 aromatic heterocycles. The minimum atomic E-state index is 0.431. The molecule has 0 heterocycles. The van der Waals surface area contributed by atoms with Crippen LogP contribution < -0.4 is 5.32 Å². The van der Waals surface area contributed by atoms with E-state index in [1.54, 1.807) is 0 Å². The van der Waals surface area contributed by atoms with Crippen LogP contribution in [0.2, 0.25) is 0 Å². The maximum atomic E-state index is 3.40. The van der Waals surface area contributed by atoms with Gasteiger partial charge in [-0.2, -0.15) is 0 Å². The molecule has 1 nitrogen and oxygen atoms in total. The fraction of sp³-hybridized carbons (Fsp3) is 0.647. The Labute approximate surface area is 113 Å². The molecule has 0 aliphatic rings. The van der Waals surface area contributed by atoms with Crippen LogP contribution in [-0.4, -0.2) is 13.6 Å². The lowest BCUT2D eigenvalue weighted by molar-refractivity contribution is 0.235. The SMILES string of the molecule is CCCCC(CC)(CNC)Cc1ccc(C)cc1. The van der Waals surface area contributed by atoms with Crippen molar-refractivity contribution >= 4 is 0 Å². The molecule has 1 unspecified atom stereocenters. The normalized spacial score (nSPS) is 14.4. The average Bonchev–Trinajstić information content (AvgIpc) is 2.39. The van der Waals surface area contributed by atoms with Crippen LogP contribution in [-0.2, 0) is 6.42 Å². The van der Waals surface area contributed by atoms with Crippen LogP contribution >= 0.6 is 0 Å². The van der Waals surface area contributed by atoms with E-state index in [9.17, 15) is 0 Å². The van der Waals surface area contributed by atoms with E-state index in [-0.39, 0.29) is 0 Å². The van der Waals surface area contributed by atoms with Gasteiger partial charge in [0.1, 0.15) is 0 Å². The van der Waals surface area contributed by atoms with Gasteiger partial charge in [0, 0.05) is 6.54 Å². The van der Waals surface area contributed by atoms with Crippen LogP contribution in [0.15, 0.2) is 24.3 Å². The number of aryl methyl sites for hydroxylation is 1. The number of rotatable bonds is 8. The molecule has 0 amide bonds. The van der Waals surface area contributed by atoms with Crippen molar-refractivity contribution < 1.29 is 0 Å². The van der Waals surface area contributed by atoms with E-state index in [4.69, 9.17) is 0 Å². The van der Waals surface area contributed by atoms with Gasteiger partial charge in [-0.05, 0) is 44.2 Å². The monoisotopic (exact) mass is 247 g/mol. The van der Waals surface area contributed by atoms with Crippen LogP contribution in [0.3, 0.4) is 0 Å². The number of hydrogen-bond acceptors (Lipinski definition) is 1. The molecule has 1 heteroatoms. The number of benzene rings is 1. The third-order valence-electron chi connectivity index (χ3n) is 4.06. The molecule has 1 rings (SSSR count). The summed E-state index contributed by atoms with van der Waals surface area (Å²) in [6.07, 6.45) is 6.40. The van der Waals surface area contributed by atoms with Crippen LogP contribution in [0.1, 0.15) is 50.7 Å². The van der Waals surface area contributed by atoms with Crippen molar-refractivity contribution in [3.63, 3.8) is 0 Å². The first-order valence-corrected chi connectivity index (χ1v) is 7.36. The zero-order valence-corrected chi connectivity index (χ0v) is 12.6. The summed E-state index contributed by atoms with van der Waals surface area (Å²) in [5, 5.41) is 3.40. The van der Waals surface area contributed by atoms with Gasteiger partial charge in [-0.25, -0.2) is 0 Å². The Morgan fingerprint density at radius 3 is 2.28 bits per heavy atom. The first-order chi connectivity index (χ1) is 8.65. The van der Waals surface area contributed by atoms with E-state index >= 15 is 0 Å². The second-order valence-corrected chi connectivity index (χ2v) is 5.65. The largest absolute Gasteiger partial charge is 0.319 e. The van der Waals surface area contributed by atoms with Crippen molar-refractivity contribution in [2.75, 3.05) is 13.6 Å². The molecule has 0 aliphatic carbocycles. The summed E-state index contributed by atoms with van der Waals surface area (Å²) in [4.78, 5) is 0. The highest BCUT2D eigenvalue weighted by Gasteiger charge is 2.26. The van der Waals surface area contributed by atoms with Crippen molar-refractivity contribution in [2.45, 2.75) is 52.9 Å². The number of unbranched alkanes of at least 4 members (excludes halogenated alkanes) is 1. The second kappa shape index (κ2) is 7.58. The fourth-order valence-electron chi connectivity index (χ4n) is 2.73. The van der Waals surface area contributed by atoms with Crippen LogP contribution in [0.4, 0.5) is 0 Å². The van der Waals surface area contributed by atoms with Gasteiger partial charge in [0.15, 0.2) is 0 Å². The summed E-state index contributed by atoms with van der Waals surface area (Å²) in [5.74, 6) is 0. The van der Waals surface area contributed by atoms with Gasteiger partial charge in [0.2, 0.25) is 0 Å². The molecule has 18 heavy (non-hydrogen) atoms. The molecule has 0 saturated carbocycles. The Balaban J connectivity index is 2.78. The number of hydrogen-bond donors (Lipinski definition) is 1. The van der Waals surface area contributed by atoms with E-state index in [0.29, 0.717) is 5.41 Å². The van der Waals surface area contributed by atoms with Gasteiger partial charge in [0.05, 0.1) is 0 Å². The Morgan fingerprint density at radius 1 is 1.11 bits per heavy atom. The molecule has 102 valence electrons. The highest BCUT2D eigenvalue weighted by atomic mass is 14.8. The molecule has 0 bridgehead atoms. The van der Waals surface area contributed by atoms with Gasteiger partial charge in [-0.15, -0.1) is 0 Å². The van der Waals surface area contributed by atoms with Crippen molar-refractivity contribution in [1.29, 1.82) is 0 Å². The lowest BCUT2D eigenvalue weighted by Gasteiger charge is -2.33. The maximum absolute atomic E-state index is 3.40. The van der Waals surface area contributed by atoms with Crippen molar-refractivity contribution in [1.82, 2.24) is 5.32 Å². The minimum absolute atomic E-state index is 0.431. The van der Waals surface area contributed by atoms with E-state index < -0.39 is 0 Å². The lowest BCUT2D eigenvalue weighted by atomic mass is 9.75. The third-order valence-corrected chi connectivity index (χ3v) is 4.06. The Morgan fingerprint density at radius 2 is 1.78 bits per heavy atom. The topological polar surface area (TPSA) is 12.0 Å². The molecular weight excluding hydrogens is 218 g/mol. The Kier molecular flexibility index (Phi) is 6.42. The minimum Gasteiger partial charge on any atom is -0.319 e. The van der Waals surface area contributed by atoms with Gasteiger partial charge >= 0.3 is 0 Å². The van der Waals surface area contributed by atoms with Gasteiger partial charge in [-0.3, -0.25) is 0 Å². The summed E-state index contributed by atoms with van der Waals surface area (Å²) < 4.78 is 0. The molecule has 1 N–H and O–H groups in total. The quantitative estimate of drug-likeness (QED) is 0.720. The number of nitrogens with one attached hydrogen (secondary N) is 1. The molecule has 0 saturated heterocycles. The van der Waals surface area contributed by atoms with Gasteiger partial charge in [0.25, 0.3) is 0 Å². The molecule has 0 aliphatic heterocycles. The smallest absolute Gasteiger partial charge is 0.000789 e. The molecule has 1 atom stereocenters. The van der Waals surface area contributed by atoms with E-state index in [1.807, 2.05) is 0 Å². The van der Waals surface area contributed by atoms with E-state index in [2.05, 4.69) is 57.4 Å². The van der Waals surface area contributed by atoms with Gasteiger partial charge in [-0.1, -0.05) is 56.5 Å². The van der Waals surface area contributed by atoms with E-state index in [0.717, 1.165) is 6.54 Å². The summed E-state index contributed by atoms with van der Waals surface area (Å²) in [7, 11) is 2.07. The highest BCUT2D eigenvalue weighted by Crippen LogP contribution is 2.32. The molecular formula is C17H29N. The maximum Gasteiger partial charge on any atom is 0.000789 e. The summed E-state index contributed by atoms with van der Waals surface area (Å²) in [5.41, 5.74) is 3.26. The molecule has 0 radical (unpaired) electrons. The van der Waals surface area contributed by atoms with E-state index in [1.165, 1.54) is 43.2 Å². The fourth-order valence-corrected chi connectivity index (χ4v) is 2.73. The lowest BCUT2D eigenvalue weighted by Crippen LogP contribution is -2.34. The van der Waals surface area contributed by atoms with Crippen molar-refractivity contribution in [3.8, 4) is 0 Å². The summed E-state index contributed by atoms with van der Waals surface area (Å²) in [6, 6.07) is 9.05. The molecule has 0 spiro atoms. The van der Waals surface area contributed by atoms with Crippen LogP contribution in [0, 0.1) is 12.3 Å². The molecule has 0 fully saturated rings. The van der Waals surface area contributed by atoms with Crippen molar-refractivity contribution in [3.05, 3.63) is 35.4 Å². The predicted molar refractivity (Wildman–Crippen MR) is 81.1 cm³/mol. The highest BCUT2D eigenvalue weighted by molar-refractivity contribution is 5.22. The zero-order chi connectivity index (χ0) is 13.4. The Hall–Kier alpha value is -0.820. The van der Waals surface area contributed by atoms with Crippen molar-refractivity contribution in [2.24, 2.45) is 5.41 Å². The zero-order valence-electron chi connectivity index (χ0n) is 12.6. The molecule has 1 aromatic rings. The third kappa shape index (κ3) is 4.45. The summed E-state index contributed by atoms with van der Waals surface area (Å²) >= 11 is 0. The first-order valence-electron chi connectivity index (χ1n) is 7.36. The van der Waals surface area contributed by atoms with Crippen LogP contribution in [0.5, 0.6) is 0 Å². The Bertz CT molecular complexity index is 328. The average molecular weight is 247 g/mol.